The summed E-state index contributed by atoms with van der Waals surface area (Å²) in [5.41, 5.74) is 5.72. The van der Waals surface area contributed by atoms with Gasteiger partial charge < -0.3 is 20.9 Å². The maximum absolute atomic E-state index is 10.8. The van der Waals surface area contributed by atoms with E-state index in [0.29, 0.717) is 25.9 Å². The number of hydrogen-bond donors (Lipinski definition) is 3. The van der Waals surface area contributed by atoms with E-state index in [-0.39, 0.29) is 0 Å². The lowest BCUT2D eigenvalue weighted by Crippen LogP contribution is -2.30. The summed E-state index contributed by atoms with van der Waals surface area (Å²) in [6.45, 7) is 3.19. The summed E-state index contributed by atoms with van der Waals surface area (Å²) in [6.07, 6.45) is 4.96. The molecular weight excluding hydrogens is 366 g/mol. The van der Waals surface area contributed by atoms with Gasteiger partial charge >= 0.3 is 0 Å². The first-order chi connectivity index (χ1) is 14.2. The number of hydrogen-bond acceptors (Lipinski definition) is 5. The van der Waals surface area contributed by atoms with Gasteiger partial charge in [0, 0.05) is 25.5 Å². The van der Waals surface area contributed by atoms with Gasteiger partial charge in [0.2, 0.25) is 12.8 Å². The third-order valence-corrected chi connectivity index (χ3v) is 4.37. The second-order valence-electron chi connectivity index (χ2n) is 6.36. The Morgan fingerprint density at radius 3 is 2.52 bits per heavy atom. The van der Waals surface area contributed by atoms with Gasteiger partial charge in [-0.05, 0) is 42.8 Å². The lowest BCUT2D eigenvalue weighted by molar-refractivity contribution is -0.109. The summed E-state index contributed by atoms with van der Waals surface area (Å²) in [7, 11) is 0. The van der Waals surface area contributed by atoms with Crippen molar-refractivity contribution in [3.8, 4) is 0 Å². The zero-order valence-corrected chi connectivity index (χ0v) is 16.1. The number of nitrogens with zero attached hydrogens (tertiary/aromatic N) is 2. The average Bonchev–Trinajstić information content (AvgIpc) is 2.75. The van der Waals surface area contributed by atoms with Crippen molar-refractivity contribution < 1.29 is 9.59 Å². The third-order valence-electron chi connectivity index (χ3n) is 4.37. The summed E-state index contributed by atoms with van der Waals surface area (Å²) >= 11 is 0. The first kappa shape index (κ1) is 19.9. The van der Waals surface area contributed by atoms with E-state index in [2.05, 4.69) is 25.8 Å². The number of rotatable bonds is 6. The van der Waals surface area contributed by atoms with E-state index in [0.717, 1.165) is 28.4 Å². The van der Waals surface area contributed by atoms with Crippen LogP contribution >= 0.6 is 0 Å². The Balaban J connectivity index is 0.000000290. The highest BCUT2D eigenvalue weighted by molar-refractivity contribution is 5.99. The van der Waals surface area contributed by atoms with Gasteiger partial charge in [-0.15, -0.1) is 0 Å². The number of amides is 2. The van der Waals surface area contributed by atoms with Gasteiger partial charge in [0.05, 0.1) is 28.4 Å². The number of pyridine rings is 1. The van der Waals surface area contributed by atoms with Crippen molar-refractivity contribution in [1.82, 2.24) is 10.3 Å². The van der Waals surface area contributed by atoms with E-state index in [9.17, 15) is 9.59 Å². The van der Waals surface area contributed by atoms with Gasteiger partial charge in [0.25, 0.3) is 0 Å². The highest BCUT2D eigenvalue weighted by Crippen LogP contribution is 2.46. The van der Waals surface area contributed by atoms with Crippen LogP contribution in [-0.4, -0.2) is 30.9 Å². The lowest BCUT2D eigenvalue weighted by Gasteiger charge is -2.34. The lowest BCUT2D eigenvalue weighted by atomic mass is 10.1. The molecule has 1 aliphatic heterocycles. The molecule has 148 valence electrons. The van der Waals surface area contributed by atoms with Crippen molar-refractivity contribution >= 4 is 41.3 Å². The summed E-state index contributed by atoms with van der Waals surface area (Å²) in [5.74, 6) is 0. The summed E-state index contributed by atoms with van der Waals surface area (Å²) in [6, 6.07) is 17.6. The molecule has 0 saturated carbocycles. The Kier molecular flexibility index (Phi) is 6.78. The SMILES string of the molecule is Cc1cccnc1.O=CNCCN1c2ccccc2Nc2c(NC=O)cccc21. The van der Waals surface area contributed by atoms with Crippen LogP contribution in [0.15, 0.2) is 67.0 Å². The van der Waals surface area contributed by atoms with Crippen LogP contribution in [0.2, 0.25) is 0 Å². The highest BCUT2D eigenvalue weighted by atomic mass is 16.1. The largest absolute Gasteiger partial charge is 0.357 e. The van der Waals surface area contributed by atoms with Crippen LogP contribution in [0.4, 0.5) is 28.4 Å². The smallest absolute Gasteiger partial charge is 0.211 e. The molecule has 7 nitrogen and oxygen atoms in total. The Morgan fingerprint density at radius 1 is 1.00 bits per heavy atom. The zero-order valence-electron chi connectivity index (χ0n) is 16.1. The minimum Gasteiger partial charge on any atom is -0.357 e. The Hall–Kier alpha value is -3.87. The molecule has 0 aliphatic carbocycles. The molecule has 0 radical (unpaired) electrons. The van der Waals surface area contributed by atoms with E-state index in [1.165, 1.54) is 5.56 Å². The van der Waals surface area contributed by atoms with Gasteiger partial charge in [0.15, 0.2) is 0 Å². The van der Waals surface area contributed by atoms with Crippen LogP contribution in [0.1, 0.15) is 5.56 Å². The molecule has 7 heteroatoms. The molecule has 3 aromatic rings. The number of carbonyl (C=O) groups excluding carboxylic acids is 2. The van der Waals surface area contributed by atoms with Gasteiger partial charge in [-0.25, -0.2) is 0 Å². The van der Waals surface area contributed by atoms with E-state index in [4.69, 9.17) is 0 Å². The van der Waals surface area contributed by atoms with E-state index in [1.54, 1.807) is 6.20 Å². The standard InChI is InChI=1S/C16H16N4O2.C6H7N/c21-10-17-8-9-20-14-6-2-1-4-12(14)19-16-13(18-11-22)5-3-7-15(16)20;1-6-3-2-4-7-5-6/h1-7,10-11,19H,8-9H2,(H,17,21)(H,18,22);2-5H,1H3. The molecule has 3 N–H and O–H groups in total. The second kappa shape index (κ2) is 9.89. The van der Waals surface area contributed by atoms with Gasteiger partial charge in [0.1, 0.15) is 0 Å². The van der Waals surface area contributed by atoms with Crippen molar-refractivity contribution in [2.45, 2.75) is 6.92 Å². The molecule has 0 spiro atoms. The fourth-order valence-corrected chi connectivity index (χ4v) is 3.08. The summed E-state index contributed by atoms with van der Waals surface area (Å²) < 4.78 is 0. The molecule has 2 amide bonds. The molecule has 0 atom stereocenters. The van der Waals surface area contributed by atoms with E-state index < -0.39 is 0 Å². The minimum absolute atomic E-state index is 0.530. The Bertz CT molecular complexity index is 962. The summed E-state index contributed by atoms with van der Waals surface area (Å²) in [4.78, 5) is 27.3. The molecule has 0 unspecified atom stereocenters. The molecule has 2 heterocycles. The van der Waals surface area contributed by atoms with E-state index >= 15 is 0 Å². The number of para-hydroxylation sites is 3. The van der Waals surface area contributed by atoms with Crippen molar-refractivity contribution in [3.63, 3.8) is 0 Å². The second-order valence-corrected chi connectivity index (χ2v) is 6.36. The molecule has 0 saturated heterocycles. The van der Waals surface area contributed by atoms with Gasteiger partial charge in [-0.3, -0.25) is 14.6 Å². The monoisotopic (exact) mass is 389 g/mol. The third kappa shape index (κ3) is 4.90. The summed E-state index contributed by atoms with van der Waals surface area (Å²) in [5, 5.41) is 8.76. The molecular formula is C22H23N5O2. The van der Waals surface area contributed by atoms with Crippen LogP contribution in [0.5, 0.6) is 0 Å². The number of fused-ring (bicyclic) bond motifs is 2. The maximum atomic E-state index is 10.8. The molecule has 29 heavy (non-hydrogen) atoms. The van der Waals surface area contributed by atoms with Crippen LogP contribution in [0.25, 0.3) is 0 Å². The zero-order chi connectivity index (χ0) is 20.5. The van der Waals surface area contributed by atoms with Crippen molar-refractivity contribution in [3.05, 3.63) is 72.6 Å². The quantitative estimate of drug-likeness (QED) is 0.443. The van der Waals surface area contributed by atoms with Crippen LogP contribution in [0.3, 0.4) is 0 Å². The Morgan fingerprint density at radius 2 is 1.83 bits per heavy atom. The van der Waals surface area contributed by atoms with Crippen molar-refractivity contribution in [1.29, 1.82) is 0 Å². The predicted octanol–water partition coefficient (Wildman–Crippen LogP) is 3.59. The van der Waals surface area contributed by atoms with Crippen molar-refractivity contribution in [2.75, 3.05) is 28.6 Å². The van der Waals surface area contributed by atoms with Crippen molar-refractivity contribution in [2.24, 2.45) is 0 Å². The highest BCUT2D eigenvalue weighted by Gasteiger charge is 2.23. The first-order valence-corrected chi connectivity index (χ1v) is 9.25. The molecule has 1 aliphatic rings. The van der Waals surface area contributed by atoms with Gasteiger partial charge in [-0.1, -0.05) is 24.3 Å². The first-order valence-electron chi connectivity index (χ1n) is 9.25. The molecule has 2 aromatic carbocycles. The number of nitrogens with one attached hydrogen (secondary N) is 3. The molecule has 1 aromatic heterocycles. The molecule has 0 fully saturated rings. The Labute approximate surface area is 169 Å². The topological polar surface area (TPSA) is 86.4 Å². The van der Waals surface area contributed by atoms with Crippen LogP contribution in [0, 0.1) is 6.92 Å². The van der Waals surface area contributed by atoms with E-state index in [1.807, 2.05) is 67.7 Å². The number of anilines is 5. The number of aromatic nitrogens is 1. The number of carbonyl (C=O) groups is 2. The normalized spacial score (nSPS) is 11.0. The number of benzene rings is 2. The van der Waals surface area contributed by atoms with Crippen LogP contribution in [-0.2, 0) is 9.59 Å². The maximum Gasteiger partial charge on any atom is 0.211 e. The minimum atomic E-state index is 0.530. The van der Waals surface area contributed by atoms with Gasteiger partial charge in [-0.2, -0.15) is 0 Å². The predicted molar refractivity (Wildman–Crippen MR) is 116 cm³/mol. The average molecular weight is 389 g/mol. The fraction of sp³-hybridized carbons (Fsp3) is 0.136. The molecule has 0 bridgehead atoms. The fourth-order valence-electron chi connectivity index (χ4n) is 3.08. The molecule has 4 rings (SSSR count). The number of aryl methyl sites for hydroxylation is 1. The van der Waals surface area contributed by atoms with Crippen LogP contribution < -0.4 is 20.9 Å².